The number of nitrogens with zero attached hydrogens (tertiary/aromatic N) is 2. The van der Waals surface area contributed by atoms with Crippen LogP contribution in [0.25, 0.3) is 0 Å². The molecule has 0 aromatic carbocycles. The van der Waals surface area contributed by atoms with E-state index in [0.29, 0.717) is 0 Å². The average Bonchev–Trinajstić information content (AvgIpc) is 2.12. The lowest BCUT2D eigenvalue weighted by atomic mass is 9.75. The largest absolute Gasteiger partial charge is 0.237 e. The summed E-state index contributed by atoms with van der Waals surface area (Å²) < 4.78 is 0. The smallest absolute Gasteiger partial charge is 0.151 e. The van der Waals surface area contributed by atoms with Gasteiger partial charge in [-0.15, -0.1) is 0 Å². The Hall–Kier alpha value is -1.18. The van der Waals surface area contributed by atoms with Gasteiger partial charge in [0.15, 0.2) is 5.82 Å². The van der Waals surface area contributed by atoms with Crippen LogP contribution >= 0.6 is 0 Å². The highest BCUT2D eigenvalue weighted by atomic mass is 14.9. The van der Waals surface area contributed by atoms with Gasteiger partial charge in [-0.2, -0.15) is 0 Å². The van der Waals surface area contributed by atoms with E-state index in [1.807, 2.05) is 18.2 Å². The summed E-state index contributed by atoms with van der Waals surface area (Å²) in [5.41, 5.74) is 1.31. The molecule has 0 saturated heterocycles. The quantitative estimate of drug-likeness (QED) is 0.647. The molecule has 0 amide bonds. The Morgan fingerprint density at radius 3 is 1.94 bits per heavy atom. The van der Waals surface area contributed by atoms with E-state index >= 15 is 0 Å². The van der Waals surface area contributed by atoms with Crippen molar-refractivity contribution in [2.45, 2.75) is 41.5 Å². The van der Waals surface area contributed by atoms with Crippen LogP contribution in [0.1, 0.15) is 41.5 Å². The average molecular weight is 218 g/mol. The van der Waals surface area contributed by atoms with Crippen LogP contribution in [0.5, 0.6) is 0 Å². The normalized spacial score (nSPS) is 12.4. The first-order valence-corrected chi connectivity index (χ1v) is 5.72. The first kappa shape index (κ1) is 12.9. The van der Waals surface area contributed by atoms with Crippen LogP contribution in [0.15, 0.2) is 29.4 Å². The van der Waals surface area contributed by atoms with Crippen molar-refractivity contribution in [3.05, 3.63) is 24.4 Å². The summed E-state index contributed by atoms with van der Waals surface area (Å²) in [5, 5.41) is 0. The molecule has 0 radical (unpaired) electrons. The van der Waals surface area contributed by atoms with Crippen LogP contribution in [0.2, 0.25) is 0 Å². The van der Waals surface area contributed by atoms with Gasteiger partial charge in [-0.25, -0.2) is 9.98 Å². The van der Waals surface area contributed by atoms with E-state index in [9.17, 15) is 0 Å². The maximum absolute atomic E-state index is 4.71. The highest BCUT2D eigenvalue weighted by molar-refractivity contribution is 5.95. The number of pyridine rings is 1. The molecule has 0 aliphatic carbocycles. The van der Waals surface area contributed by atoms with Crippen LogP contribution < -0.4 is 0 Å². The molecule has 0 aliphatic rings. The van der Waals surface area contributed by atoms with E-state index in [1.165, 1.54) is 5.71 Å². The van der Waals surface area contributed by atoms with E-state index in [-0.39, 0.29) is 10.8 Å². The van der Waals surface area contributed by atoms with Gasteiger partial charge in [0.1, 0.15) is 0 Å². The second-order valence-electron chi connectivity index (χ2n) is 6.15. The molecule has 88 valence electrons. The number of rotatable bonds is 1. The van der Waals surface area contributed by atoms with Crippen molar-refractivity contribution in [1.29, 1.82) is 0 Å². The van der Waals surface area contributed by atoms with Gasteiger partial charge in [0.2, 0.25) is 0 Å². The van der Waals surface area contributed by atoms with Crippen LogP contribution in [-0.4, -0.2) is 10.7 Å². The first-order chi connectivity index (χ1) is 7.21. The molecule has 0 unspecified atom stereocenters. The van der Waals surface area contributed by atoms with Gasteiger partial charge in [0.25, 0.3) is 0 Å². The molecule has 2 nitrogen and oxygen atoms in total. The summed E-state index contributed by atoms with van der Waals surface area (Å²) in [5.74, 6) is 0.794. The molecule has 1 aromatic rings. The van der Waals surface area contributed by atoms with Crippen molar-refractivity contribution in [3.63, 3.8) is 0 Å². The molecule has 1 rings (SSSR count). The predicted octanol–water partition coefficient (Wildman–Crippen LogP) is 4.25. The molecular formula is C14H22N2. The fraction of sp³-hybridized carbons (Fsp3) is 0.571. The summed E-state index contributed by atoms with van der Waals surface area (Å²) in [7, 11) is 0. The molecule has 0 spiro atoms. The summed E-state index contributed by atoms with van der Waals surface area (Å²) in [6.07, 6.45) is 1.78. The lowest BCUT2D eigenvalue weighted by Gasteiger charge is -2.32. The molecule has 0 atom stereocenters. The third kappa shape index (κ3) is 3.44. The Bertz CT molecular complexity index is 348. The van der Waals surface area contributed by atoms with E-state index in [4.69, 9.17) is 4.99 Å². The van der Waals surface area contributed by atoms with E-state index in [2.05, 4.69) is 46.5 Å². The number of aliphatic imine (C=N–C) groups is 1. The summed E-state index contributed by atoms with van der Waals surface area (Å²) in [4.78, 5) is 8.96. The Balaban J connectivity index is 3.19. The van der Waals surface area contributed by atoms with Gasteiger partial charge in [-0.05, 0) is 12.1 Å². The van der Waals surface area contributed by atoms with Gasteiger partial charge in [0, 0.05) is 22.7 Å². The predicted molar refractivity (Wildman–Crippen MR) is 70.2 cm³/mol. The van der Waals surface area contributed by atoms with Crippen molar-refractivity contribution in [3.8, 4) is 0 Å². The zero-order valence-electron chi connectivity index (χ0n) is 11.2. The second-order valence-corrected chi connectivity index (χ2v) is 6.15. The molecule has 1 heterocycles. The molecule has 2 heteroatoms. The number of aromatic nitrogens is 1. The van der Waals surface area contributed by atoms with Crippen molar-refractivity contribution in [2.24, 2.45) is 15.8 Å². The first-order valence-electron chi connectivity index (χ1n) is 5.72. The molecule has 0 aliphatic heterocycles. The van der Waals surface area contributed by atoms with Crippen molar-refractivity contribution in [1.82, 2.24) is 4.98 Å². The molecular weight excluding hydrogens is 196 g/mol. The fourth-order valence-electron chi connectivity index (χ4n) is 1.99. The van der Waals surface area contributed by atoms with Crippen LogP contribution in [0, 0.1) is 10.8 Å². The van der Waals surface area contributed by atoms with E-state index in [0.717, 1.165) is 5.82 Å². The summed E-state index contributed by atoms with van der Waals surface area (Å²) in [6.45, 7) is 13.2. The molecule has 16 heavy (non-hydrogen) atoms. The fourth-order valence-corrected chi connectivity index (χ4v) is 1.99. The summed E-state index contributed by atoms with van der Waals surface area (Å²) in [6, 6.07) is 5.82. The maximum atomic E-state index is 4.71. The minimum absolute atomic E-state index is 0.0652. The number of hydrogen-bond acceptors (Lipinski definition) is 2. The monoisotopic (exact) mass is 218 g/mol. The highest BCUT2D eigenvalue weighted by Gasteiger charge is 2.29. The Morgan fingerprint density at radius 1 is 1.00 bits per heavy atom. The van der Waals surface area contributed by atoms with Gasteiger partial charge in [-0.1, -0.05) is 47.6 Å². The SMILES string of the molecule is CC(C)(C)C(=Nc1ccccn1)C(C)(C)C. The second kappa shape index (κ2) is 4.36. The van der Waals surface area contributed by atoms with Crippen LogP contribution in [0.4, 0.5) is 5.82 Å². The highest BCUT2D eigenvalue weighted by Crippen LogP contribution is 2.31. The topological polar surface area (TPSA) is 25.2 Å². The van der Waals surface area contributed by atoms with Gasteiger partial charge in [0.05, 0.1) is 0 Å². The zero-order valence-corrected chi connectivity index (χ0v) is 11.2. The molecule has 0 bridgehead atoms. The lowest BCUT2D eigenvalue weighted by Crippen LogP contribution is -2.32. The minimum atomic E-state index is 0.0652. The molecule has 0 saturated carbocycles. The van der Waals surface area contributed by atoms with Gasteiger partial charge >= 0.3 is 0 Å². The van der Waals surface area contributed by atoms with Gasteiger partial charge in [-0.3, -0.25) is 0 Å². The van der Waals surface area contributed by atoms with Crippen LogP contribution in [-0.2, 0) is 0 Å². The third-order valence-corrected chi connectivity index (χ3v) is 2.30. The number of hydrogen-bond donors (Lipinski definition) is 0. The van der Waals surface area contributed by atoms with Crippen molar-refractivity contribution in [2.75, 3.05) is 0 Å². The summed E-state index contributed by atoms with van der Waals surface area (Å²) >= 11 is 0. The minimum Gasteiger partial charge on any atom is -0.237 e. The van der Waals surface area contributed by atoms with E-state index in [1.54, 1.807) is 6.20 Å². The Kier molecular flexibility index (Phi) is 3.51. The van der Waals surface area contributed by atoms with Crippen molar-refractivity contribution < 1.29 is 0 Å². The molecule has 1 aromatic heterocycles. The standard InChI is InChI=1S/C14H22N2/c1-13(2,3)12(14(4,5)6)16-11-9-7-8-10-15-11/h7-10H,1-6H3. The van der Waals surface area contributed by atoms with Crippen molar-refractivity contribution >= 4 is 11.5 Å². The zero-order chi connectivity index (χ0) is 12.4. The third-order valence-electron chi connectivity index (χ3n) is 2.30. The lowest BCUT2D eigenvalue weighted by molar-refractivity contribution is 0.479. The Morgan fingerprint density at radius 2 is 1.56 bits per heavy atom. The Labute approximate surface area is 98.8 Å². The molecule has 0 N–H and O–H groups in total. The van der Waals surface area contributed by atoms with Gasteiger partial charge < -0.3 is 0 Å². The van der Waals surface area contributed by atoms with E-state index < -0.39 is 0 Å². The molecule has 0 fully saturated rings. The maximum Gasteiger partial charge on any atom is 0.151 e. The van der Waals surface area contributed by atoms with Crippen LogP contribution in [0.3, 0.4) is 0 Å².